The summed E-state index contributed by atoms with van der Waals surface area (Å²) in [7, 11) is 0. The molecule has 210 valence electrons. The lowest BCUT2D eigenvalue weighted by atomic mass is 10.1. The Balaban J connectivity index is 1.37. The van der Waals surface area contributed by atoms with E-state index < -0.39 is 0 Å². The molecule has 4 aromatic heterocycles. The molecule has 4 heterocycles. The van der Waals surface area contributed by atoms with Crippen LogP contribution in [0.15, 0.2) is 140 Å². The number of aromatic nitrogens is 5. The van der Waals surface area contributed by atoms with E-state index in [1.807, 2.05) is 29.5 Å². The summed E-state index contributed by atoms with van der Waals surface area (Å²) in [6, 6.07) is 48.8. The predicted octanol–water partition coefficient (Wildman–Crippen LogP) is 10.1. The minimum Gasteiger partial charge on any atom is -0.278 e. The highest BCUT2D eigenvalue weighted by Crippen LogP contribution is 2.42. The molecular weight excluding hydrogens is 571 g/mol. The third kappa shape index (κ3) is 3.51. The average Bonchev–Trinajstić information content (AvgIpc) is 3.76. The minimum absolute atomic E-state index is 0.589. The summed E-state index contributed by atoms with van der Waals surface area (Å²) in [6.07, 6.45) is 0. The van der Waals surface area contributed by atoms with Crippen molar-refractivity contribution in [2.75, 3.05) is 0 Å². The molecule has 10 rings (SSSR count). The number of thiophene rings is 1. The molecule has 0 amide bonds. The van der Waals surface area contributed by atoms with Gasteiger partial charge >= 0.3 is 0 Å². The lowest BCUT2D eigenvalue weighted by molar-refractivity contribution is 0.894. The molecule has 45 heavy (non-hydrogen) atoms. The van der Waals surface area contributed by atoms with Crippen LogP contribution in [0.3, 0.4) is 0 Å². The minimum atomic E-state index is 0.589. The van der Waals surface area contributed by atoms with Crippen molar-refractivity contribution in [1.29, 1.82) is 0 Å². The SMILES string of the molecule is c1ccc(-c2nc(-n3c4ccccc4c4ccccc43)nc(-n3c4ccccc4c4ccc5c6ccccc6sc5c43)n2)cc1. The third-order valence-corrected chi connectivity index (χ3v) is 10.00. The van der Waals surface area contributed by atoms with Crippen LogP contribution in [0.25, 0.3) is 87.1 Å². The molecule has 0 unspecified atom stereocenters. The summed E-state index contributed by atoms with van der Waals surface area (Å²) in [6.45, 7) is 0. The second kappa shape index (κ2) is 9.32. The zero-order valence-corrected chi connectivity index (χ0v) is 24.7. The molecule has 0 N–H and O–H groups in total. The Bertz CT molecular complexity index is 2720. The normalized spacial score (nSPS) is 12.0. The maximum atomic E-state index is 5.31. The van der Waals surface area contributed by atoms with Crippen LogP contribution in [0.5, 0.6) is 0 Å². The Labute approximate surface area is 261 Å². The highest BCUT2D eigenvalue weighted by Gasteiger charge is 2.22. The van der Waals surface area contributed by atoms with Gasteiger partial charge in [-0.25, -0.2) is 0 Å². The van der Waals surface area contributed by atoms with Crippen molar-refractivity contribution in [3.63, 3.8) is 0 Å². The van der Waals surface area contributed by atoms with Gasteiger partial charge in [0.1, 0.15) is 0 Å². The molecule has 0 radical (unpaired) electrons. The van der Waals surface area contributed by atoms with Crippen LogP contribution in [0.1, 0.15) is 0 Å². The molecule has 0 fully saturated rings. The number of rotatable bonds is 3. The van der Waals surface area contributed by atoms with Crippen LogP contribution >= 0.6 is 11.3 Å². The molecule has 6 aromatic carbocycles. The van der Waals surface area contributed by atoms with Crippen molar-refractivity contribution in [1.82, 2.24) is 24.1 Å². The average molecular weight is 594 g/mol. The highest BCUT2D eigenvalue weighted by molar-refractivity contribution is 7.26. The zero-order chi connectivity index (χ0) is 29.5. The molecule has 6 heteroatoms. The Hall–Kier alpha value is -5.85. The van der Waals surface area contributed by atoms with Crippen LogP contribution < -0.4 is 0 Å². The van der Waals surface area contributed by atoms with Gasteiger partial charge in [-0.3, -0.25) is 9.13 Å². The van der Waals surface area contributed by atoms with E-state index >= 15 is 0 Å². The second-order valence-corrected chi connectivity index (χ2v) is 12.3. The van der Waals surface area contributed by atoms with E-state index in [1.54, 1.807) is 0 Å². The van der Waals surface area contributed by atoms with Gasteiger partial charge in [0.05, 0.1) is 26.8 Å². The van der Waals surface area contributed by atoms with Crippen molar-refractivity contribution in [3.8, 4) is 23.3 Å². The molecule has 0 aliphatic heterocycles. The van der Waals surface area contributed by atoms with Gasteiger partial charge in [0.2, 0.25) is 11.9 Å². The van der Waals surface area contributed by atoms with E-state index in [9.17, 15) is 0 Å². The Morgan fingerprint density at radius 3 is 1.60 bits per heavy atom. The summed E-state index contributed by atoms with van der Waals surface area (Å²) in [4.78, 5) is 15.7. The van der Waals surface area contributed by atoms with Gasteiger partial charge in [0.25, 0.3) is 0 Å². The van der Waals surface area contributed by atoms with Gasteiger partial charge in [-0.15, -0.1) is 11.3 Å². The second-order valence-electron chi connectivity index (χ2n) is 11.3. The maximum absolute atomic E-state index is 5.31. The molecule has 0 bridgehead atoms. The first-order valence-electron chi connectivity index (χ1n) is 15.0. The standard InChI is InChI=1S/C39H23N5S/c1-2-12-24(13-3-1)37-40-38(43-31-18-8-4-14-25(31)26-15-5-9-19-32(26)43)42-39(41-37)44-33-20-10-6-16-27(33)29-22-23-30-28-17-7-11-21-34(28)45-36(30)35(29)44/h1-23H. The number of para-hydroxylation sites is 3. The number of fused-ring (bicyclic) bond motifs is 10. The smallest absolute Gasteiger partial charge is 0.240 e. The zero-order valence-electron chi connectivity index (χ0n) is 23.9. The van der Waals surface area contributed by atoms with Crippen LogP contribution in [0, 0.1) is 0 Å². The topological polar surface area (TPSA) is 48.5 Å². The van der Waals surface area contributed by atoms with Gasteiger partial charge in [-0.1, -0.05) is 115 Å². The van der Waals surface area contributed by atoms with Crippen molar-refractivity contribution < 1.29 is 0 Å². The molecule has 10 aromatic rings. The molecule has 0 spiro atoms. The van der Waals surface area contributed by atoms with Crippen LogP contribution in [0.2, 0.25) is 0 Å². The highest BCUT2D eigenvalue weighted by atomic mass is 32.1. The van der Waals surface area contributed by atoms with E-state index in [0.29, 0.717) is 17.7 Å². The summed E-state index contributed by atoms with van der Waals surface area (Å²) >= 11 is 1.82. The fourth-order valence-corrected chi connectivity index (χ4v) is 8.09. The molecule has 0 saturated heterocycles. The summed E-state index contributed by atoms with van der Waals surface area (Å²) < 4.78 is 6.91. The monoisotopic (exact) mass is 593 g/mol. The molecular formula is C39H23N5S. The number of nitrogens with zero attached hydrogens (tertiary/aromatic N) is 5. The van der Waals surface area contributed by atoms with Crippen molar-refractivity contribution in [3.05, 3.63) is 140 Å². The summed E-state index contributed by atoms with van der Waals surface area (Å²) in [5, 5.41) is 7.20. The lowest BCUT2D eigenvalue weighted by Crippen LogP contribution is -2.10. The summed E-state index contributed by atoms with van der Waals surface area (Å²) in [5.74, 6) is 1.81. The third-order valence-electron chi connectivity index (χ3n) is 8.80. The van der Waals surface area contributed by atoms with Gasteiger partial charge in [-0.05, 0) is 24.3 Å². The largest absolute Gasteiger partial charge is 0.278 e. The Morgan fingerprint density at radius 2 is 0.911 bits per heavy atom. The fourth-order valence-electron chi connectivity index (χ4n) is 6.85. The van der Waals surface area contributed by atoms with E-state index in [4.69, 9.17) is 15.0 Å². The Kier molecular flexibility index (Phi) is 5.09. The van der Waals surface area contributed by atoms with Gasteiger partial charge in [-0.2, -0.15) is 15.0 Å². The van der Waals surface area contributed by atoms with E-state index in [2.05, 4.69) is 130 Å². The lowest BCUT2D eigenvalue weighted by Gasteiger charge is -2.12. The van der Waals surface area contributed by atoms with Crippen molar-refractivity contribution in [2.24, 2.45) is 0 Å². The van der Waals surface area contributed by atoms with E-state index in [1.165, 1.54) is 41.7 Å². The molecule has 0 atom stereocenters. The Morgan fingerprint density at radius 1 is 0.400 bits per heavy atom. The first-order valence-corrected chi connectivity index (χ1v) is 15.8. The van der Waals surface area contributed by atoms with Crippen LogP contribution in [0.4, 0.5) is 0 Å². The van der Waals surface area contributed by atoms with Crippen molar-refractivity contribution >= 4 is 75.1 Å². The van der Waals surface area contributed by atoms with Crippen LogP contribution in [-0.2, 0) is 0 Å². The maximum Gasteiger partial charge on any atom is 0.240 e. The van der Waals surface area contributed by atoms with E-state index in [-0.39, 0.29) is 0 Å². The van der Waals surface area contributed by atoms with Crippen LogP contribution in [-0.4, -0.2) is 24.1 Å². The van der Waals surface area contributed by atoms with Gasteiger partial charge < -0.3 is 0 Å². The van der Waals surface area contributed by atoms with E-state index in [0.717, 1.165) is 27.6 Å². The first kappa shape index (κ1) is 24.6. The molecule has 5 nitrogen and oxygen atoms in total. The predicted molar refractivity (Wildman–Crippen MR) is 187 cm³/mol. The van der Waals surface area contributed by atoms with Gasteiger partial charge in [0, 0.05) is 42.6 Å². The number of hydrogen-bond acceptors (Lipinski definition) is 4. The molecule has 0 aliphatic rings. The fraction of sp³-hybridized carbons (Fsp3) is 0. The summed E-state index contributed by atoms with van der Waals surface area (Å²) in [5.41, 5.74) is 5.24. The molecule has 0 aliphatic carbocycles. The van der Waals surface area contributed by atoms with Gasteiger partial charge in [0.15, 0.2) is 5.82 Å². The quantitative estimate of drug-likeness (QED) is 0.205. The van der Waals surface area contributed by atoms with Crippen molar-refractivity contribution in [2.45, 2.75) is 0 Å². The molecule has 0 saturated carbocycles. The number of benzene rings is 6. The number of hydrogen-bond donors (Lipinski definition) is 0. The first-order chi connectivity index (χ1) is 22.3.